The average Bonchev–Trinajstić information content (AvgIpc) is 2.18. The SMILES string of the molecule is CC(S)Sc1cccc2ccccc12. The molecule has 14 heavy (non-hydrogen) atoms. The van der Waals surface area contributed by atoms with Gasteiger partial charge in [-0.15, -0.1) is 11.8 Å². The van der Waals surface area contributed by atoms with Gasteiger partial charge in [0.05, 0.1) is 0 Å². The molecule has 0 aliphatic heterocycles. The molecule has 0 aromatic heterocycles. The van der Waals surface area contributed by atoms with Crippen molar-refractivity contribution in [2.24, 2.45) is 0 Å². The van der Waals surface area contributed by atoms with Crippen molar-refractivity contribution in [3.05, 3.63) is 42.5 Å². The van der Waals surface area contributed by atoms with Crippen LogP contribution in [0, 0.1) is 0 Å². The molecule has 0 saturated carbocycles. The number of fused-ring (bicyclic) bond motifs is 1. The van der Waals surface area contributed by atoms with E-state index in [9.17, 15) is 0 Å². The first kappa shape index (κ1) is 9.94. The number of hydrogen-bond donors (Lipinski definition) is 1. The summed E-state index contributed by atoms with van der Waals surface area (Å²) in [6.07, 6.45) is 0. The average molecular weight is 220 g/mol. The molecule has 0 saturated heterocycles. The zero-order valence-corrected chi connectivity index (χ0v) is 9.69. The Morgan fingerprint density at radius 1 is 1.07 bits per heavy atom. The molecule has 0 N–H and O–H groups in total. The van der Waals surface area contributed by atoms with Gasteiger partial charge in [0.2, 0.25) is 0 Å². The third kappa shape index (κ3) is 2.07. The van der Waals surface area contributed by atoms with Crippen LogP contribution in [0.3, 0.4) is 0 Å². The molecular formula is C12H12S2. The molecule has 1 atom stereocenters. The van der Waals surface area contributed by atoms with E-state index in [4.69, 9.17) is 0 Å². The Kier molecular flexibility index (Phi) is 3.04. The number of rotatable bonds is 2. The van der Waals surface area contributed by atoms with Crippen LogP contribution < -0.4 is 0 Å². The van der Waals surface area contributed by atoms with Gasteiger partial charge in [-0.2, -0.15) is 12.6 Å². The summed E-state index contributed by atoms with van der Waals surface area (Å²) in [6, 6.07) is 14.8. The summed E-state index contributed by atoms with van der Waals surface area (Å²) >= 11 is 6.19. The molecule has 2 heteroatoms. The van der Waals surface area contributed by atoms with Gasteiger partial charge in [0, 0.05) is 9.48 Å². The highest BCUT2D eigenvalue weighted by molar-refractivity contribution is 8.10. The smallest absolute Gasteiger partial charge is 0.0491 e. The lowest BCUT2D eigenvalue weighted by Crippen LogP contribution is -1.83. The van der Waals surface area contributed by atoms with E-state index in [1.54, 1.807) is 11.8 Å². The molecule has 0 nitrogen and oxygen atoms in total. The first-order valence-electron chi connectivity index (χ1n) is 4.60. The summed E-state index contributed by atoms with van der Waals surface area (Å²) in [7, 11) is 0. The maximum Gasteiger partial charge on any atom is 0.0491 e. The second kappa shape index (κ2) is 4.28. The summed E-state index contributed by atoms with van der Waals surface area (Å²) in [6.45, 7) is 2.09. The quantitative estimate of drug-likeness (QED) is 0.449. The highest BCUT2D eigenvalue weighted by atomic mass is 32.2. The minimum absolute atomic E-state index is 0.334. The Balaban J connectivity index is 2.53. The fraction of sp³-hybridized carbons (Fsp3) is 0.167. The van der Waals surface area contributed by atoms with Crippen molar-refractivity contribution in [2.75, 3.05) is 0 Å². The molecule has 0 radical (unpaired) electrons. The van der Waals surface area contributed by atoms with Crippen molar-refractivity contribution in [1.82, 2.24) is 0 Å². The minimum atomic E-state index is 0.334. The highest BCUT2D eigenvalue weighted by Gasteiger charge is 2.02. The Hall–Kier alpha value is -0.600. The van der Waals surface area contributed by atoms with Crippen LogP contribution in [0.5, 0.6) is 0 Å². The predicted molar refractivity (Wildman–Crippen MR) is 68.3 cm³/mol. The fourth-order valence-electron chi connectivity index (χ4n) is 1.48. The largest absolute Gasteiger partial charge is 0.165 e. The van der Waals surface area contributed by atoms with Crippen LogP contribution >= 0.6 is 24.4 Å². The monoisotopic (exact) mass is 220 g/mol. The highest BCUT2D eigenvalue weighted by Crippen LogP contribution is 2.31. The van der Waals surface area contributed by atoms with E-state index in [0.29, 0.717) is 4.58 Å². The van der Waals surface area contributed by atoms with Gasteiger partial charge in [0.15, 0.2) is 0 Å². The van der Waals surface area contributed by atoms with Gasteiger partial charge in [-0.1, -0.05) is 36.4 Å². The van der Waals surface area contributed by atoms with Crippen LogP contribution in [0.4, 0.5) is 0 Å². The molecule has 1 unspecified atom stereocenters. The molecule has 0 fully saturated rings. The number of benzene rings is 2. The van der Waals surface area contributed by atoms with Gasteiger partial charge in [-0.25, -0.2) is 0 Å². The van der Waals surface area contributed by atoms with Crippen molar-refractivity contribution in [2.45, 2.75) is 16.4 Å². The van der Waals surface area contributed by atoms with Crippen molar-refractivity contribution in [3.8, 4) is 0 Å². The van der Waals surface area contributed by atoms with Crippen LogP contribution in [0.1, 0.15) is 6.92 Å². The van der Waals surface area contributed by atoms with E-state index in [2.05, 4.69) is 62.0 Å². The van der Waals surface area contributed by atoms with E-state index in [1.807, 2.05) is 0 Å². The van der Waals surface area contributed by atoms with Crippen LogP contribution in [0.25, 0.3) is 10.8 Å². The lowest BCUT2D eigenvalue weighted by Gasteiger charge is -2.07. The molecule has 2 rings (SSSR count). The van der Waals surface area contributed by atoms with Crippen molar-refractivity contribution < 1.29 is 0 Å². The van der Waals surface area contributed by atoms with E-state index in [1.165, 1.54) is 15.7 Å². The molecule has 0 amide bonds. The summed E-state index contributed by atoms with van der Waals surface area (Å²) < 4.78 is 0.334. The first-order valence-corrected chi connectivity index (χ1v) is 5.99. The van der Waals surface area contributed by atoms with Gasteiger partial charge < -0.3 is 0 Å². The second-order valence-electron chi connectivity index (χ2n) is 3.19. The van der Waals surface area contributed by atoms with E-state index >= 15 is 0 Å². The van der Waals surface area contributed by atoms with Gasteiger partial charge in [0.1, 0.15) is 0 Å². The molecule has 72 valence electrons. The maximum absolute atomic E-state index is 4.40. The van der Waals surface area contributed by atoms with Gasteiger partial charge in [-0.05, 0) is 23.8 Å². The third-order valence-electron chi connectivity index (χ3n) is 2.05. The molecule has 0 heterocycles. The first-order chi connectivity index (χ1) is 6.77. The van der Waals surface area contributed by atoms with Gasteiger partial charge in [-0.3, -0.25) is 0 Å². The van der Waals surface area contributed by atoms with Crippen LogP contribution in [-0.2, 0) is 0 Å². The Morgan fingerprint density at radius 2 is 1.79 bits per heavy atom. The summed E-state index contributed by atoms with van der Waals surface area (Å²) in [5, 5.41) is 2.62. The zero-order chi connectivity index (χ0) is 9.97. The second-order valence-corrected chi connectivity index (χ2v) is 5.70. The van der Waals surface area contributed by atoms with Crippen molar-refractivity contribution in [3.63, 3.8) is 0 Å². The van der Waals surface area contributed by atoms with E-state index < -0.39 is 0 Å². The molecular weight excluding hydrogens is 208 g/mol. The van der Waals surface area contributed by atoms with Gasteiger partial charge in [0.25, 0.3) is 0 Å². The molecule has 2 aromatic carbocycles. The van der Waals surface area contributed by atoms with E-state index in [0.717, 1.165) is 0 Å². The Morgan fingerprint density at radius 3 is 2.57 bits per heavy atom. The zero-order valence-electron chi connectivity index (χ0n) is 7.97. The summed E-state index contributed by atoms with van der Waals surface area (Å²) in [5.74, 6) is 0. The lowest BCUT2D eigenvalue weighted by molar-refractivity contribution is 1.41. The predicted octanol–water partition coefficient (Wildman–Crippen LogP) is 4.21. The Bertz CT molecular complexity index is 430. The molecule has 2 aromatic rings. The minimum Gasteiger partial charge on any atom is -0.165 e. The van der Waals surface area contributed by atoms with Crippen LogP contribution in [0.15, 0.2) is 47.4 Å². The number of thioether (sulfide) groups is 1. The molecule has 0 bridgehead atoms. The maximum atomic E-state index is 4.40. The topological polar surface area (TPSA) is 0 Å². The molecule has 0 aliphatic carbocycles. The fourth-order valence-corrected chi connectivity index (χ4v) is 2.66. The lowest BCUT2D eigenvalue weighted by atomic mass is 10.1. The normalized spacial score (nSPS) is 13.0. The van der Waals surface area contributed by atoms with E-state index in [-0.39, 0.29) is 0 Å². The molecule has 0 aliphatic rings. The number of hydrogen-bond acceptors (Lipinski definition) is 2. The molecule has 0 spiro atoms. The van der Waals surface area contributed by atoms with Crippen LogP contribution in [0.2, 0.25) is 0 Å². The summed E-state index contributed by atoms with van der Waals surface area (Å²) in [4.78, 5) is 1.31. The van der Waals surface area contributed by atoms with Crippen molar-refractivity contribution >= 4 is 35.2 Å². The number of thiol groups is 1. The van der Waals surface area contributed by atoms with Crippen LogP contribution in [-0.4, -0.2) is 4.58 Å². The van der Waals surface area contributed by atoms with Gasteiger partial charge >= 0.3 is 0 Å². The summed E-state index contributed by atoms with van der Waals surface area (Å²) in [5.41, 5.74) is 0. The van der Waals surface area contributed by atoms with Crippen molar-refractivity contribution in [1.29, 1.82) is 0 Å². The Labute approximate surface area is 94.1 Å². The third-order valence-corrected chi connectivity index (χ3v) is 3.31. The standard InChI is InChI=1S/C12H12S2/c1-9(13)14-12-8-4-6-10-5-2-3-7-11(10)12/h2-9,13H,1H3.